The zero-order valence-corrected chi connectivity index (χ0v) is 13.8. The fourth-order valence-corrected chi connectivity index (χ4v) is 1.37. The van der Waals surface area contributed by atoms with Gasteiger partial charge in [-0.15, -0.1) is 24.8 Å². The minimum absolute atomic E-state index is 0. The summed E-state index contributed by atoms with van der Waals surface area (Å²) < 4.78 is 45.3. The van der Waals surface area contributed by atoms with Crippen LogP contribution in [0.5, 0.6) is 5.88 Å². The molecule has 1 amide bonds. The van der Waals surface area contributed by atoms with Crippen LogP contribution in [0.2, 0.25) is 0 Å². The summed E-state index contributed by atoms with van der Waals surface area (Å²) in [5, 5.41) is 2.53. The van der Waals surface area contributed by atoms with Crippen LogP contribution in [0.3, 0.4) is 0 Å². The third-order valence-corrected chi connectivity index (χ3v) is 2.33. The van der Waals surface area contributed by atoms with Crippen LogP contribution < -0.4 is 15.8 Å². The number of carbonyl (C=O) groups is 1. The number of hydrogen-bond acceptors (Lipinski definition) is 5. The summed E-state index contributed by atoms with van der Waals surface area (Å²) in [6, 6.07) is 2.05. The molecule has 1 heterocycles. The van der Waals surface area contributed by atoms with E-state index in [1.807, 2.05) is 0 Å². The number of nitrogens with two attached hydrogens (primary N) is 1. The molecule has 0 bridgehead atoms. The highest BCUT2D eigenvalue weighted by Crippen LogP contribution is 2.17. The van der Waals surface area contributed by atoms with Gasteiger partial charge < -0.3 is 20.5 Å². The number of rotatable bonds is 7. The predicted octanol–water partition coefficient (Wildman–Crippen LogP) is 1.46. The second-order valence-corrected chi connectivity index (χ2v) is 4.19. The molecule has 0 fully saturated rings. The second kappa shape index (κ2) is 11.3. The lowest BCUT2D eigenvalue weighted by atomic mass is 10.2. The highest BCUT2D eigenvalue weighted by Gasteiger charge is 2.28. The van der Waals surface area contributed by atoms with E-state index in [4.69, 9.17) is 10.5 Å². The van der Waals surface area contributed by atoms with Gasteiger partial charge >= 0.3 is 6.18 Å². The monoisotopic (exact) mass is 379 g/mol. The van der Waals surface area contributed by atoms with Crippen LogP contribution in [0, 0.1) is 0 Å². The first-order valence-corrected chi connectivity index (χ1v) is 5.98. The number of alkyl halides is 3. The summed E-state index contributed by atoms with van der Waals surface area (Å²) in [4.78, 5) is 15.2. The second-order valence-electron chi connectivity index (χ2n) is 4.19. The normalized spacial score (nSPS) is 11.7. The number of aromatic nitrogens is 1. The maximum atomic E-state index is 12.0. The molecule has 0 radical (unpaired) electrons. The van der Waals surface area contributed by atoms with E-state index in [1.54, 1.807) is 6.07 Å². The highest BCUT2D eigenvalue weighted by atomic mass is 35.5. The van der Waals surface area contributed by atoms with E-state index in [2.05, 4.69) is 15.0 Å². The molecule has 1 aromatic heterocycles. The standard InChI is InChI=1S/C12H16F3N3O3.2ClH/c1-20-6-9(16)11(19)18-5-8-2-3-17-10(4-8)21-7-12(13,14)15;;/h2-4,9H,5-7,16H2,1H3,(H,18,19);2*1H. The molecule has 3 N–H and O–H groups in total. The third-order valence-electron chi connectivity index (χ3n) is 2.33. The Kier molecular flexibility index (Phi) is 11.8. The van der Waals surface area contributed by atoms with Gasteiger partial charge in [-0.25, -0.2) is 4.98 Å². The van der Waals surface area contributed by atoms with E-state index in [0.717, 1.165) is 0 Å². The van der Waals surface area contributed by atoms with Gasteiger partial charge in [-0.2, -0.15) is 13.2 Å². The average Bonchev–Trinajstić information content (AvgIpc) is 2.42. The maximum absolute atomic E-state index is 12.0. The quantitative estimate of drug-likeness (QED) is 0.748. The molecule has 1 rings (SSSR count). The van der Waals surface area contributed by atoms with Crippen LogP contribution in [-0.4, -0.2) is 43.4 Å². The van der Waals surface area contributed by atoms with Crippen molar-refractivity contribution in [2.45, 2.75) is 18.8 Å². The van der Waals surface area contributed by atoms with Crippen LogP contribution >= 0.6 is 24.8 Å². The number of nitrogens with zero attached hydrogens (tertiary/aromatic N) is 1. The van der Waals surface area contributed by atoms with Crippen molar-refractivity contribution in [3.05, 3.63) is 23.9 Å². The molecule has 0 aromatic carbocycles. The molecule has 0 aliphatic rings. The summed E-state index contributed by atoms with van der Waals surface area (Å²) in [6.45, 7) is -1.25. The molecule has 0 aliphatic heterocycles. The first-order valence-electron chi connectivity index (χ1n) is 5.98. The molecular formula is C12H18Cl2F3N3O3. The lowest BCUT2D eigenvalue weighted by molar-refractivity contribution is -0.154. The number of hydrogen-bond donors (Lipinski definition) is 2. The molecule has 1 aromatic rings. The van der Waals surface area contributed by atoms with Gasteiger partial charge in [0.1, 0.15) is 6.04 Å². The van der Waals surface area contributed by atoms with Gasteiger partial charge in [0.25, 0.3) is 0 Å². The van der Waals surface area contributed by atoms with Crippen LogP contribution in [0.15, 0.2) is 18.3 Å². The predicted molar refractivity (Wildman–Crippen MR) is 82.0 cm³/mol. The number of nitrogens with one attached hydrogen (secondary N) is 1. The van der Waals surface area contributed by atoms with Crippen molar-refractivity contribution in [1.82, 2.24) is 10.3 Å². The lowest BCUT2D eigenvalue weighted by Gasteiger charge is -2.12. The molecule has 0 saturated carbocycles. The fraction of sp³-hybridized carbons (Fsp3) is 0.500. The molecule has 11 heteroatoms. The number of amides is 1. The molecule has 0 aliphatic carbocycles. The Hall–Kier alpha value is -1.29. The molecule has 1 atom stereocenters. The van der Waals surface area contributed by atoms with Gasteiger partial charge in [0.2, 0.25) is 11.8 Å². The summed E-state index contributed by atoms with van der Waals surface area (Å²) in [5.41, 5.74) is 6.06. The van der Waals surface area contributed by atoms with Crippen LogP contribution in [-0.2, 0) is 16.1 Å². The highest BCUT2D eigenvalue weighted by molar-refractivity contribution is 5.85. The van der Waals surface area contributed by atoms with Crippen LogP contribution in [0.1, 0.15) is 5.56 Å². The maximum Gasteiger partial charge on any atom is 0.422 e. The molecule has 6 nitrogen and oxygen atoms in total. The van der Waals surface area contributed by atoms with Gasteiger partial charge in [-0.05, 0) is 11.6 Å². The minimum atomic E-state index is -4.43. The number of carbonyl (C=O) groups excluding carboxylic acids is 1. The number of halogens is 5. The third kappa shape index (κ3) is 10.2. The zero-order chi connectivity index (χ0) is 15.9. The summed E-state index contributed by atoms with van der Waals surface area (Å²) in [6.07, 6.45) is -3.14. The van der Waals surface area contributed by atoms with Crippen molar-refractivity contribution >= 4 is 30.7 Å². The number of ether oxygens (including phenoxy) is 2. The molecule has 0 spiro atoms. The van der Waals surface area contributed by atoms with Gasteiger partial charge in [-0.3, -0.25) is 4.79 Å². The van der Waals surface area contributed by atoms with Crippen molar-refractivity contribution in [3.8, 4) is 5.88 Å². The van der Waals surface area contributed by atoms with E-state index in [1.165, 1.54) is 19.4 Å². The number of pyridine rings is 1. The molecule has 23 heavy (non-hydrogen) atoms. The Morgan fingerprint density at radius 1 is 1.43 bits per heavy atom. The molecular weight excluding hydrogens is 362 g/mol. The van der Waals surface area contributed by atoms with Gasteiger partial charge in [0.05, 0.1) is 6.61 Å². The Morgan fingerprint density at radius 2 is 2.09 bits per heavy atom. The van der Waals surface area contributed by atoms with Gasteiger partial charge in [0.15, 0.2) is 6.61 Å². The Bertz CT molecular complexity index is 478. The molecule has 0 saturated heterocycles. The topological polar surface area (TPSA) is 86.5 Å². The van der Waals surface area contributed by atoms with E-state index < -0.39 is 24.7 Å². The van der Waals surface area contributed by atoms with Crippen LogP contribution in [0.4, 0.5) is 13.2 Å². The zero-order valence-electron chi connectivity index (χ0n) is 12.1. The Balaban J connectivity index is 0. The van der Waals surface area contributed by atoms with Gasteiger partial charge in [0, 0.05) is 25.9 Å². The van der Waals surface area contributed by atoms with Crippen molar-refractivity contribution in [2.75, 3.05) is 20.3 Å². The first-order chi connectivity index (χ1) is 9.81. The van der Waals surface area contributed by atoms with Crippen LogP contribution in [0.25, 0.3) is 0 Å². The SMILES string of the molecule is COCC(N)C(=O)NCc1ccnc(OCC(F)(F)F)c1.Cl.Cl. The van der Waals surface area contributed by atoms with Gasteiger partial charge in [-0.1, -0.05) is 0 Å². The smallest absolute Gasteiger partial charge is 0.422 e. The number of methoxy groups -OCH3 is 1. The summed E-state index contributed by atoms with van der Waals surface area (Å²) in [5.74, 6) is -0.591. The minimum Gasteiger partial charge on any atom is -0.468 e. The Labute approximate surface area is 143 Å². The van der Waals surface area contributed by atoms with Crippen molar-refractivity contribution in [1.29, 1.82) is 0 Å². The Morgan fingerprint density at radius 3 is 2.65 bits per heavy atom. The largest absolute Gasteiger partial charge is 0.468 e. The fourth-order valence-electron chi connectivity index (χ4n) is 1.37. The average molecular weight is 380 g/mol. The van der Waals surface area contributed by atoms with Crippen molar-refractivity contribution in [2.24, 2.45) is 5.73 Å². The van der Waals surface area contributed by atoms with E-state index in [-0.39, 0.29) is 43.8 Å². The first kappa shape index (κ1) is 24.0. The lowest BCUT2D eigenvalue weighted by Crippen LogP contribution is -2.43. The summed E-state index contributed by atoms with van der Waals surface area (Å²) >= 11 is 0. The summed E-state index contributed by atoms with van der Waals surface area (Å²) in [7, 11) is 1.42. The van der Waals surface area contributed by atoms with E-state index >= 15 is 0 Å². The van der Waals surface area contributed by atoms with E-state index in [0.29, 0.717) is 5.56 Å². The van der Waals surface area contributed by atoms with E-state index in [9.17, 15) is 18.0 Å². The van der Waals surface area contributed by atoms with Crippen molar-refractivity contribution < 1.29 is 27.4 Å². The molecule has 134 valence electrons. The van der Waals surface area contributed by atoms with Crippen molar-refractivity contribution in [3.63, 3.8) is 0 Å². The molecule has 1 unspecified atom stereocenters.